The van der Waals surface area contributed by atoms with E-state index in [9.17, 15) is 5.11 Å². The molecule has 88 valence electrons. The van der Waals surface area contributed by atoms with Crippen LogP contribution in [0.5, 0.6) is 0 Å². The van der Waals surface area contributed by atoms with Crippen molar-refractivity contribution in [3.05, 3.63) is 68.7 Å². The minimum Gasteiger partial charge on any atom is -0.384 e. The fraction of sp³-hybridized carbons (Fsp3) is 0.143. The maximum Gasteiger partial charge on any atom is 0.104 e. The molecule has 0 aliphatic rings. The second-order valence-electron chi connectivity index (χ2n) is 3.95. The highest BCUT2D eigenvalue weighted by Gasteiger charge is 2.12. The van der Waals surface area contributed by atoms with Crippen molar-refractivity contribution in [1.29, 1.82) is 0 Å². The first-order chi connectivity index (χ1) is 8.08. The quantitative estimate of drug-likeness (QED) is 0.866. The van der Waals surface area contributed by atoms with Gasteiger partial charge in [-0.25, -0.2) is 0 Å². The van der Waals surface area contributed by atoms with Crippen molar-refractivity contribution in [3.8, 4) is 0 Å². The number of aliphatic hydroxyl groups excluding tert-OH is 1. The molecule has 0 bridgehead atoms. The van der Waals surface area contributed by atoms with Crippen LogP contribution in [0.25, 0.3) is 0 Å². The lowest BCUT2D eigenvalue weighted by atomic mass is 9.98. The van der Waals surface area contributed by atoms with Gasteiger partial charge >= 0.3 is 0 Å². The van der Waals surface area contributed by atoms with E-state index in [2.05, 4.69) is 15.9 Å². The van der Waals surface area contributed by atoms with E-state index in [-0.39, 0.29) is 0 Å². The average Bonchev–Trinajstić information content (AvgIpc) is 2.29. The van der Waals surface area contributed by atoms with Crippen LogP contribution in [-0.4, -0.2) is 5.11 Å². The fourth-order valence-electron chi connectivity index (χ4n) is 1.77. The summed E-state index contributed by atoms with van der Waals surface area (Å²) >= 11 is 9.28. The van der Waals surface area contributed by atoms with Crippen LogP contribution in [-0.2, 0) is 0 Å². The third-order valence-electron chi connectivity index (χ3n) is 2.71. The molecular formula is C14H12BrClO. The van der Waals surface area contributed by atoms with Crippen molar-refractivity contribution in [2.24, 2.45) is 0 Å². The van der Waals surface area contributed by atoms with Crippen LogP contribution in [0.3, 0.4) is 0 Å². The molecular weight excluding hydrogens is 300 g/mol. The Labute approximate surface area is 114 Å². The first-order valence-corrected chi connectivity index (χ1v) is 6.44. The van der Waals surface area contributed by atoms with Crippen LogP contribution in [0.1, 0.15) is 22.8 Å². The molecule has 2 aromatic carbocycles. The van der Waals surface area contributed by atoms with Crippen molar-refractivity contribution in [2.45, 2.75) is 13.0 Å². The zero-order chi connectivity index (χ0) is 12.4. The summed E-state index contributed by atoms with van der Waals surface area (Å²) in [7, 11) is 0. The molecule has 2 rings (SSSR count). The molecule has 0 radical (unpaired) electrons. The minimum atomic E-state index is -0.611. The van der Waals surface area contributed by atoms with Gasteiger partial charge in [-0.3, -0.25) is 0 Å². The molecule has 1 nitrogen and oxygen atoms in total. The second kappa shape index (κ2) is 5.21. The Bertz CT molecular complexity index is 522. The lowest BCUT2D eigenvalue weighted by Gasteiger charge is -2.14. The number of benzene rings is 2. The van der Waals surface area contributed by atoms with Gasteiger partial charge < -0.3 is 5.11 Å². The molecule has 0 aliphatic heterocycles. The van der Waals surface area contributed by atoms with Gasteiger partial charge in [0.1, 0.15) is 6.10 Å². The Balaban J connectivity index is 2.36. The number of rotatable bonds is 2. The van der Waals surface area contributed by atoms with E-state index in [1.54, 1.807) is 6.07 Å². The molecule has 0 aromatic heterocycles. The summed E-state index contributed by atoms with van der Waals surface area (Å²) < 4.78 is 1.00. The van der Waals surface area contributed by atoms with Gasteiger partial charge in [0.05, 0.1) is 0 Å². The van der Waals surface area contributed by atoms with Crippen LogP contribution in [0, 0.1) is 6.92 Å². The van der Waals surface area contributed by atoms with Gasteiger partial charge in [-0.15, -0.1) is 0 Å². The third-order valence-corrected chi connectivity index (χ3v) is 3.48. The summed E-state index contributed by atoms with van der Waals surface area (Å²) in [6.45, 7) is 1.95. The van der Waals surface area contributed by atoms with Gasteiger partial charge in [-0.05, 0) is 47.9 Å². The van der Waals surface area contributed by atoms with Gasteiger partial charge in [0, 0.05) is 9.50 Å². The molecule has 0 heterocycles. The van der Waals surface area contributed by atoms with Gasteiger partial charge in [0.25, 0.3) is 0 Å². The molecule has 17 heavy (non-hydrogen) atoms. The summed E-state index contributed by atoms with van der Waals surface area (Å²) in [5.41, 5.74) is 2.75. The molecule has 1 N–H and O–H groups in total. The Hall–Kier alpha value is -0.830. The first kappa shape index (κ1) is 12.6. The van der Waals surface area contributed by atoms with Crippen LogP contribution in [0.15, 0.2) is 46.9 Å². The smallest absolute Gasteiger partial charge is 0.104 e. The molecule has 0 spiro atoms. The lowest BCUT2D eigenvalue weighted by Crippen LogP contribution is -2.01. The van der Waals surface area contributed by atoms with Crippen molar-refractivity contribution in [1.82, 2.24) is 0 Å². The topological polar surface area (TPSA) is 20.2 Å². The molecule has 0 amide bonds. The molecule has 1 unspecified atom stereocenters. The highest BCUT2D eigenvalue weighted by atomic mass is 79.9. The largest absolute Gasteiger partial charge is 0.384 e. The number of aliphatic hydroxyl groups is 1. The predicted octanol–water partition coefficient (Wildman–Crippen LogP) is 4.49. The van der Waals surface area contributed by atoms with E-state index < -0.39 is 6.10 Å². The van der Waals surface area contributed by atoms with Crippen LogP contribution in [0.4, 0.5) is 0 Å². The molecule has 0 saturated heterocycles. The van der Waals surface area contributed by atoms with Gasteiger partial charge in [-0.1, -0.05) is 45.7 Å². The van der Waals surface area contributed by atoms with Crippen molar-refractivity contribution < 1.29 is 5.11 Å². The maximum absolute atomic E-state index is 10.3. The van der Waals surface area contributed by atoms with E-state index in [0.717, 1.165) is 21.2 Å². The monoisotopic (exact) mass is 310 g/mol. The highest BCUT2D eigenvalue weighted by Crippen LogP contribution is 2.27. The molecule has 0 aliphatic carbocycles. The normalized spacial score (nSPS) is 12.5. The molecule has 3 heteroatoms. The summed E-state index contributed by atoms with van der Waals surface area (Å²) in [5, 5.41) is 11.0. The zero-order valence-corrected chi connectivity index (χ0v) is 11.7. The fourth-order valence-corrected chi connectivity index (χ4v) is 2.26. The minimum absolute atomic E-state index is 0.611. The summed E-state index contributed by atoms with van der Waals surface area (Å²) in [6.07, 6.45) is -0.611. The van der Waals surface area contributed by atoms with Crippen LogP contribution >= 0.6 is 27.5 Å². The second-order valence-corrected chi connectivity index (χ2v) is 5.31. The lowest BCUT2D eigenvalue weighted by molar-refractivity contribution is 0.219. The van der Waals surface area contributed by atoms with Gasteiger partial charge in [0.15, 0.2) is 0 Å². The summed E-state index contributed by atoms with van der Waals surface area (Å²) in [6, 6.07) is 13.2. The van der Waals surface area contributed by atoms with E-state index in [4.69, 9.17) is 11.6 Å². The SMILES string of the molecule is Cc1cc(Cl)ccc1C(O)c1ccc(Br)cc1. The van der Waals surface area contributed by atoms with E-state index in [0.29, 0.717) is 5.02 Å². The average molecular weight is 312 g/mol. The van der Waals surface area contributed by atoms with Crippen molar-refractivity contribution in [2.75, 3.05) is 0 Å². The summed E-state index contributed by atoms with van der Waals surface area (Å²) in [5.74, 6) is 0. The van der Waals surface area contributed by atoms with Crippen LogP contribution < -0.4 is 0 Å². The number of hydrogen-bond acceptors (Lipinski definition) is 1. The Kier molecular flexibility index (Phi) is 3.87. The first-order valence-electron chi connectivity index (χ1n) is 5.27. The molecule has 0 fully saturated rings. The Morgan fingerprint density at radius 1 is 1.12 bits per heavy atom. The van der Waals surface area contributed by atoms with Gasteiger partial charge in [0.2, 0.25) is 0 Å². The number of halogens is 2. The predicted molar refractivity (Wildman–Crippen MR) is 74.4 cm³/mol. The maximum atomic E-state index is 10.3. The molecule has 2 aromatic rings. The standard InChI is InChI=1S/C14H12BrClO/c1-9-8-12(16)6-7-13(9)14(17)10-2-4-11(15)5-3-10/h2-8,14,17H,1H3. The van der Waals surface area contributed by atoms with Crippen molar-refractivity contribution in [3.63, 3.8) is 0 Å². The van der Waals surface area contributed by atoms with E-state index in [1.165, 1.54) is 0 Å². The Morgan fingerprint density at radius 2 is 1.76 bits per heavy atom. The zero-order valence-electron chi connectivity index (χ0n) is 9.32. The van der Waals surface area contributed by atoms with Gasteiger partial charge in [-0.2, -0.15) is 0 Å². The van der Waals surface area contributed by atoms with Crippen LogP contribution in [0.2, 0.25) is 5.02 Å². The summed E-state index contributed by atoms with van der Waals surface area (Å²) in [4.78, 5) is 0. The molecule has 0 saturated carbocycles. The highest BCUT2D eigenvalue weighted by molar-refractivity contribution is 9.10. The third kappa shape index (κ3) is 2.89. The van der Waals surface area contributed by atoms with E-state index in [1.807, 2.05) is 43.3 Å². The van der Waals surface area contributed by atoms with Crippen molar-refractivity contribution >= 4 is 27.5 Å². The number of aryl methyl sites for hydroxylation is 1. The molecule has 1 atom stereocenters. The van der Waals surface area contributed by atoms with E-state index >= 15 is 0 Å². The Morgan fingerprint density at radius 3 is 2.35 bits per heavy atom. The number of hydrogen-bond donors (Lipinski definition) is 1.